The van der Waals surface area contributed by atoms with E-state index in [1.807, 2.05) is 0 Å². The van der Waals surface area contributed by atoms with Gasteiger partial charge >= 0.3 is 5.97 Å². The van der Waals surface area contributed by atoms with Gasteiger partial charge in [-0.15, -0.1) is 0 Å². The van der Waals surface area contributed by atoms with Gasteiger partial charge in [0, 0.05) is 52.7 Å². The van der Waals surface area contributed by atoms with Crippen LogP contribution in [0, 0.1) is 5.41 Å². The Morgan fingerprint density at radius 2 is 0.789 bits per heavy atom. The molecule has 0 aromatic heterocycles. The second-order valence-corrected chi connectivity index (χ2v) is 10.3. The number of rotatable bonds is 31. The van der Waals surface area contributed by atoms with E-state index in [1.165, 1.54) is 0 Å². The smallest absolute Gasteiger partial charge is 0.305 e. The molecule has 0 unspecified atom stereocenters. The Morgan fingerprint density at radius 1 is 0.447 bits per heavy atom. The molecule has 4 N–H and O–H groups in total. The number of hydrogen-bond acceptors (Lipinski definition) is 9. The van der Waals surface area contributed by atoms with Crippen molar-refractivity contribution in [1.29, 1.82) is 0 Å². The Morgan fingerprint density at radius 3 is 1.16 bits per heavy atom. The molecule has 228 valence electrons. The van der Waals surface area contributed by atoms with Gasteiger partial charge in [-0.2, -0.15) is 0 Å². The summed E-state index contributed by atoms with van der Waals surface area (Å²) in [5.74, 6) is -0.260. The Balaban J connectivity index is 4.95. The lowest BCUT2D eigenvalue weighted by molar-refractivity contribution is -0.156. The maximum Gasteiger partial charge on any atom is 0.305 e. The van der Waals surface area contributed by atoms with E-state index in [4.69, 9.17) is 39.4 Å². The van der Waals surface area contributed by atoms with Gasteiger partial charge in [0.25, 0.3) is 0 Å². The molecular formula is C29H58O9. The van der Waals surface area contributed by atoms with Gasteiger partial charge in [-0.05, 0) is 51.4 Å². The molecule has 0 aromatic rings. The minimum Gasteiger partial charge on any atom is -0.465 e. The van der Waals surface area contributed by atoms with E-state index in [0.29, 0.717) is 58.9 Å². The molecule has 0 amide bonds. The third-order valence-corrected chi connectivity index (χ3v) is 6.39. The van der Waals surface area contributed by atoms with Crippen molar-refractivity contribution in [3.63, 3.8) is 0 Å². The molecular weight excluding hydrogens is 492 g/mol. The van der Waals surface area contributed by atoms with Crippen molar-refractivity contribution in [1.82, 2.24) is 0 Å². The summed E-state index contributed by atoms with van der Waals surface area (Å²) in [6.45, 7) is 3.77. The summed E-state index contributed by atoms with van der Waals surface area (Å²) in [5, 5.41) is 35.8. The Bertz CT molecular complexity index is 445. The van der Waals surface area contributed by atoms with Gasteiger partial charge in [0.1, 0.15) is 6.61 Å². The third-order valence-electron chi connectivity index (χ3n) is 6.39. The van der Waals surface area contributed by atoms with Gasteiger partial charge in [-0.1, -0.05) is 44.9 Å². The van der Waals surface area contributed by atoms with Gasteiger partial charge in [-0.25, -0.2) is 0 Å². The highest BCUT2D eigenvalue weighted by Gasteiger charge is 2.34. The molecule has 0 aliphatic heterocycles. The normalized spacial score (nSPS) is 11.8. The first-order chi connectivity index (χ1) is 18.6. The van der Waals surface area contributed by atoms with Crippen LogP contribution in [0.1, 0.15) is 103 Å². The van der Waals surface area contributed by atoms with Crippen LogP contribution >= 0.6 is 0 Å². The van der Waals surface area contributed by atoms with E-state index >= 15 is 0 Å². The highest BCUT2D eigenvalue weighted by molar-refractivity contribution is 5.69. The van der Waals surface area contributed by atoms with Crippen molar-refractivity contribution < 1.29 is 44.2 Å². The van der Waals surface area contributed by atoms with Crippen LogP contribution in [0.3, 0.4) is 0 Å². The monoisotopic (exact) mass is 550 g/mol. The van der Waals surface area contributed by atoms with Crippen molar-refractivity contribution in [2.75, 3.05) is 72.7 Å². The summed E-state index contributed by atoms with van der Waals surface area (Å²) in [7, 11) is 0. The van der Waals surface area contributed by atoms with Crippen LogP contribution in [0.4, 0.5) is 0 Å². The van der Waals surface area contributed by atoms with Crippen molar-refractivity contribution in [3.05, 3.63) is 0 Å². The minimum absolute atomic E-state index is 0.129. The molecule has 0 radical (unpaired) electrons. The van der Waals surface area contributed by atoms with Crippen molar-refractivity contribution in [3.8, 4) is 0 Å². The van der Waals surface area contributed by atoms with Crippen LogP contribution in [0.2, 0.25) is 0 Å². The van der Waals surface area contributed by atoms with E-state index in [0.717, 1.165) is 83.5 Å². The summed E-state index contributed by atoms with van der Waals surface area (Å²) in [5.41, 5.74) is -0.609. The highest BCUT2D eigenvalue weighted by Crippen LogP contribution is 2.22. The van der Waals surface area contributed by atoms with Gasteiger partial charge < -0.3 is 39.4 Å². The van der Waals surface area contributed by atoms with Crippen LogP contribution < -0.4 is 0 Å². The van der Waals surface area contributed by atoms with Crippen molar-refractivity contribution >= 4 is 5.97 Å². The molecule has 0 saturated heterocycles. The number of hydrogen-bond donors (Lipinski definition) is 4. The van der Waals surface area contributed by atoms with Crippen LogP contribution in [-0.4, -0.2) is 99.1 Å². The van der Waals surface area contributed by atoms with Crippen LogP contribution in [0.25, 0.3) is 0 Å². The van der Waals surface area contributed by atoms with Crippen LogP contribution in [0.15, 0.2) is 0 Å². The molecule has 9 nitrogen and oxygen atoms in total. The summed E-state index contributed by atoms with van der Waals surface area (Å²) >= 11 is 0. The molecule has 0 fully saturated rings. The highest BCUT2D eigenvalue weighted by atomic mass is 16.5. The van der Waals surface area contributed by atoms with Crippen LogP contribution in [-0.2, 0) is 23.7 Å². The van der Waals surface area contributed by atoms with E-state index < -0.39 is 5.41 Å². The van der Waals surface area contributed by atoms with Crippen molar-refractivity contribution in [2.24, 2.45) is 5.41 Å². The van der Waals surface area contributed by atoms with Gasteiger partial charge in [0.15, 0.2) is 0 Å². The Hall–Kier alpha value is -0.810. The first kappa shape index (κ1) is 37.2. The molecule has 0 heterocycles. The quantitative estimate of drug-likeness (QED) is 0.0751. The summed E-state index contributed by atoms with van der Waals surface area (Å²) in [6, 6.07) is 0. The lowest BCUT2D eigenvalue weighted by Gasteiger charge is -2.33. The molecule has 0 spiro atoms. The predicted molar refractivity (Wildman–Crippen MR) is 148 cm³/mol. The first-order valence-electron chi connectivity index (χ1n) is 15.0. The second-order valence-electron chi connectivity index (χ2n) is 10.3. The average Bonchev–Trinajstić information content (AvgIpc) is 2.92. The molecule has 0 rings (SSSR count). The predicted octanol–water partition coefficient (Wildman–Crippen LogP) is 3.78. The minimum atomic E-state index is -0.609. The SMILES string of the molecule is O=C(CCCCCO)OCC(COCCCCCCO)(COCCCCCCO)COCCCCCCO. The van der Waals surface area contributed by atoms with Crippen molar-refractivity contribution in [2.45, 2.75) is 103 Å². The number of carbonyl (C=O) groups is 1. The molecule has 0 atom stereocenters. The number of aliphatic hydroxyl groups is 4. The molecule has 0 saturated carbocycles. The summed E-state index contributed by atoms with van der Waals surface area (Å²) < 4.78 is 23.8. The molecule has 0 bridgehead atoms. The maximum absolute atomic E-state index is 12.4. The molecule has 0 aliphatic carbocycles. The topological polar surface area (TPSA) is 135 Å². The number of unbranched alkanes of at least 4 members (excludes halogenated alkanes) is 11. The van der Waals surface area contributed by atoms with E-state index in [1.54, 1.807) is 0 Å². The Kier molecular flexibility index (Phi) is 28.6. The van der Waals surface area contributed by atoms with Gasteiger partial charge in [0.05, 0.1) is 25.2 Å². The molecule has 9 heteroatoms. The fourth-order valence-corrected chi connectivity index (χ4v) is 3.99. The number of esters is 1. The van der Waals surface area contributed by atoms with E-state index in [-0.39, 0.29) is 39.0 Å². The van der Waals surface area contributed by atoms with Gasteiger partial charge in [0.2, 0.25) is 0 Å². The summed E-state index contributed by atoms with van der Waals surface area (Å²) in [4.78, 5) is 12.4. The number of aliphatic hydroxyl groups excluding tert-OH is 4. The average molecular weight is 551 g/mol. The van der Waals surface area contributed by atoms with E-state index in [9.17, 15) is 4.79 Å². The molecule has 38 heavy (non-hydrogen) atoms. The first-order valence-corrected chi connectivity index (χ1v) is 15.0. The fourth-order valence-electron chi connectivity index (χ4n) is 3.99. The number of ether oxygens (including phenoxy) is 4. The van der Waals surface area contributed by atoms with Gasteiger partial charge in [-0.3, -0.25) is 4.79 Å². The lowest BCUT2D eigenvalue weighted by Crippen LogP contribution is -2.42. The largest absolute Gasteiger partial charge is 0.465 e. The fraction of sp³-hybridized carbons (Fsp3) is 0.966. The zero-order valence-corrected chi connectivity index (χ0v) is 23.9. The third kappa shape index (κ3) is 24.2. The Labute approximate surface area is 231 Å². The van der Waals surface area contributed by atoms with E-state index in [2.05, 4.69) is 0 Å². The summed E-state index contributed by atoms with van der Waals surface area (Å²) in [6.07, 6.45) is 13.5. The molecule has 0 aliphatic rings. The lowest BCUT2D eigenvalue weighted by atomic mass is 9.92. The van der Waals surface area contributed by atoms with Crippen LogP contribution in [0.5, 0.6) is 0 Å². The maximum atomic E-state index is 12.4. The zero-order chi connectivity index (χ0) is 28.0. The standard InChI is InChI=1S/C29H58O9/c30-17-9-1-4-13-21-35-24-29(25-36-22-14-5-2-10-18-31,26-37-23-15-6-3-11-19-32)27-38-28(34)16-8-7-12-20-33/h30-33H,1-27H2. The second kappa shape index (κ2) is 29.2. The molecule has 0 aromatic carbocycles. The number of carbonyl (C=O) groups excluding carboxylic acids is 1. The zero-order valence-electron chi connectivity index (χ0n) is 23.9.